The average molecular weight is 450 g/mol. The molecule has 3 aromatic rings. The summed E-state index contributed by atoms with van der Waals surface area (Å²) in [6, 6.07) is 5.02. The van der Waals surface area contributed by atoms with Gasteiger partial charge in [0, 0.05) is 24.7 Å². The number of benzene rings is 1. The molecule has 1 fully saturated rings. The Hall–Kier alpha value is -3.64. The number of pyridine rings is 1. The summed E-state index contributed by atoms with van der Waals surface area (Å²) in [5.74, 6) is -3.27. The van der Waals surface area contributed by atoms with Gasteiger partial charge in [0.2, 0.25) is 5.91 Å². The number of imidazole rings is 1. The maximum absolute atomic E-state index is 12.6. The van der Waals surface area contributed by atoms with E-state index in [-0.39, 0.29) is 28.9 Å². The third kappa shape index (κ3) is 4.91. The zero-order chi connectivity index (χ0) is 23.8. The highest BCUT2D eigenvalue weighted by molar-refractivity contribution is 6.15. The maximum Gasteiger partial charge on any atom is 0.258 e. The minimum Gasteiger partial charge on any atom is -0.492 e. The second-order valence-corrected chi connectivity index (χ2v) is 7.73. The van der Waals surface area contributed by atoms with Gasteiger partial charge in [0.05, 0.1) is 35.9 Å². The Morgan fingerprint density at radius 3 is 2.67 bits per heavy atom. The first kappa shape index (κ1) is 22.6. The predicted octanol–water partition coefficient (Wildman–Crippen LogP) is 1.05. The molecule has 0 unspecified atom stereocenters. The van der Waals surface area contributed by atoms with Gasteiger partial charge in [-0.1, -0.05) is 0 Å². The van der Waals surface area contributed by atoms with Crippen molar-refractivity contribution in [2.45, 2.75) is 32.1 Å². The lowest BCUT2D eigenvalue weighted by molar-refractivity contribution is -0.117. The SMILES string of the molecule is [B]C(O)(O)NC(=O)c1cnc(NC(=O)C2CC2)cc1Nc1ccc2ncn(CC)c2c1OC. The first-order chi connectivity index (χ1) is 15.7. The molecule has 4 rings (SSSR count). The molecule has 2 aromatic heterocycles. The summed E-state index contributed by atoms with van der Waals surface area (Å²) in [6.45, 7) is 2.64. The quantitative estimate of drug-likeness (QED) is 0.252. The van der Waals surface area contributed by atoms with E-state index in [2.05, 4.69) is 20.6 Å². The average Bonchev–Trinajstić information content (AvgIpc) is 3.52. The number of hydrogen-bond donors (Lipinski definition) is 5. The molecule has 1 saturated carbocycles. The van der Waals surface area contributed by atoms with Crippen LogP contribution in [0.15, 0.2) is 30.7 Å². The third-order valence-electron chi connectivity index (χ3n) is 5.19. The smallest absolute Gasteiger partial charge is 0.258 e. The molecule has 1 aliphatic rings. The lowest BCUT2D eigenvalue weighted by Gasteiger charge is -2.21. The van der Waals surface area contributed by atoms with Crippen LogP contribution in [0.3, 0.4) is 0 Å². The van der Waals surface area contributed by atoms with Crippen LogP contribution >= 0.6 is 0 Å². The number of rotatable bonds is 8. The number of aromatic nitrogens is 3. The molecule has 2 amide bonds. The summed E-state index contributed by atoms with van der Waals surface area (Å²) in [6.07, 6.45) is 4.56. The van der Waals surface area contributed by atoms with Crippen LogP contribution < -0.4 is 20.7 Å². The van der Waals surface area contributed by atoms with Gasteiger partial charge in [0.1, 0.15) is 11.3 Å². The van der Waals surface area contributed by atoms with Gasteiger partial charge in [0.25, 0.3) is 5.91 Å². The number of aryl methyl sites for hydroxylation is 1. The zero-order valence-electron chi connectivity index (χ0n) is 18.1. The van der Waals surface area contributed by atoms with Crippen LogP contribution in [-0.2, 0) is 11.3 Å². The van der Waals surface area contributed by atoms with Gasteiger partial charge in [-0.2, -0.15) is 0 Å². The van der Waals surface area contributed by atoms with E-state index in [1.54, 1.807) is 18.5 Å². The topological polar surface area (TPSA) is 151 Å². The van der Waals surface area contributed by atoms with Crippen molar-refractivity contribution in [1.82, 2.24) is 19.9 Å². The summed E-state index contributed by atoms with van der Waals surface area (Å²) in [7, 11) is 6.61. The molecule has 33 heavy (non-hydrogen) atoms. The Balaban J connectivity index is 1.75. The monoisotopic (exact) mass is 450 g/mol. The zero-order valence-corrected chi connectivity index (χ0v) is 18.1. The molecule has 1 aliphatic carbocycles. The van der Waals surface area contributed by atoms with Crippen molar-refractivity contribution >= 4 is 47.9 Å². The third-order valence-corrected chi connectivity index (χ3v) is 5.19. The Kier molecular flexibility index (Phi) is 5.96. The van der Waals surface area contributed by atoms with Gasteiger partial charge in [-0.15, -0.1) is 0 Å². The van der Waals surface area contributed by atoms with Crippen LogP contribution in [-0.4, -0.2) is 57.3 Å². The summed E-state index contributed by atoms with van der Waals surface area (Å²) >= 11 is 0. The number of aliphatic hydroxyl groups is 2. The van der Waals surface area contributed by atoms with Crippen molar-refractivity contribution in [1.29, 1.82) is 0 Å². The highest BCUT2D eigenvalue weighted by Gasteiger charge is 2.30. The molecule has 5 N–H and O–H groups in total. The van der Waals surface area contributed by atoms with Crippen molar-refractivity contribution < 1.29 is 24.5 Å². The molecular formula is C21H23BN6O5. The first-order valence-corrected chi connectivity index (χ1v) is 10.4. The largest absolute Gasteiger partial charge is 0.492 e. The lowest BCUT2D eigenvalue weighted by Crippen LogP contribution is -2.49. The van der Waals surface area contributed by atoms with E-state index in [9.17, 15) is 19.8 Å². The van der Waals surface area contributed by atoms with Gasteiger partial charge < -0.3 is 35.5 Å². The number of anilines is 3. The molecule has 11 nitrogen and oxygen atoms in total. The molecule has 0 saturated heterocycles. The van der Waals surface area contributed by atoms with Gasteiger partial charge in [-0.3, -0.25) is 9.59 Å². The number of nitrogens with one attached hydrogen (secondary N) is 3. The molecule has 170 valence electrons. The van der Waals surface area contributed by atoms with Gasteiger partial charge >= 0.3 is 0 Å². The van der Waals surface area contributed by atoms with E-state index in [1.165, 1.54) is 19.4 Å². The number of methoxy groups -OCH3 is 1. The van der Waals surface area contributed by atoms with E-state index in [0.29, 0.717) is 18.0 Å². The van der Waals surface area contributed by atoms with Crippen molar-refractivity contribution in [2.75, 3.05) is 17.7 Å². The number of ether oxygens (including phenoxy) is 1. The van der Waals surface area contributed by atoms with Crippen LogP contribution in [0.4, 0.5) is 17.2 Å². The Bertz CT molecular complexity index is 1220. The van der Waals surface area contributed by atoms with Crippen molar-refractivity contribution in [3.05, 3.63) is 36.3 Å². The molecule has 0 atom stereocenters. The number of nitrogens with zero attached hydrogens (tertiary/aromatic N) is 3. The lowest BCUT2D eigenvalue weighted by atomic mass is 10.0. The fraction of sp³-hybridized carbons (Fsp3) is 0.333. The van der Waals surface area contributed by atoms with E-state index >= 15 is 0 Å². The second kappa shape index (κ2) is 8.72. The standard InChI is InChI=1S/C21H23BN6O5/c1-3-28-10-24-13-6-7-14(18(33-2)17(13)28)25-15-8-16(26-19(29)11-4-5-11)23-9-12(15)20(30)27-21(22,31)32/h6-11,31-32H,3-5H2,1-2H3,(H,27,30)(H2,23,25,26,29). The number of carbonyl (C=O) groups excluding carboxylic acids is 2. The van der Waals surface area contributed by atoms with Crippen molar-refractivity contribution in [3.63, 3.8) is 0 Å². The molecular weight excluding hydrogens is 427 g/mol. The normalized spacial score (nSPS) is 13.6. The summed E-state index contributed by atoms with van der Waals surface area (Å²) in [4.78, 5) is 33.3. The van der Waals surface area contributed by atoms with E-state index in [4.69, 9.17) is 12.6 Å². The van der Waals surface area contributed by atoms with E-state index in [0.717, 1.165) is 23.9 Å². The van der Waals surface area contributed by atoms with Gasteiger partial charge in [-0.05, 0) is 31.9 Å². The maximum atomic E-state index is 12.6. The van der Waals surface area contributed by atoms with Crippen LogP contribution in [0.2, 0.25) is 0 Å². The molecule has 12 heteroatoms. The minimum atomic E-state index is -2.92. The van der Waals surface area contributed by atoms with Gasteiger partial charge in [0.15, 0.2) is 19.4 Å². The Labute approximate surface area is 190 Å². The minimum absolute atomic E-state index is 0.0374. The highest BCUT2D eigenvalue weighted by atomic mass is 16.5. The Morgan fingerprint density at radius 2 is 2.03 bits per heavy atom. The first-order valence-electron chi connectivity index (χ1n) is 10.4. The molecule has 1 aromatic carbocycles. The number of fused-ring (bicyclic) bond motifs is 1. The van der Waals surface area contributed by atoms with E-state index < -0.39 is 11.7 Å². The predicted molar refractivity (Wildman–Crippen MR) is 121 cm³/mol. The summed E-state index contributed by atoms with van der Waals surface area (Å²) in [5.41, 5.74) is 2.21. The molecule has 0 spiro atoms. The Morgan fingerprint density at radius 1 is 1.27 bits per heavy atom. The summed E-state index contributed by atoms with van der Waals surface area (Å²) < 4.78 is 7.56. The van der Waals surface area contributed by atoms with Crippen molar-refractivity contribution in [3.8, 4) is 5.75 Å². The molecule has 0 aliphatic heterocycles. The van der Waals surface area contributed by atoms with Gasteiger partial charge in [-0.25, -0.2) is 9.97 Å². The number of hydrogen-bond acceptors (Lipinski definition) is 8. The van der Waals surface area contributed by atoms with E-state index in [1.807, 2.05) is 16.8 Å². The molecule has 0 bridgehead atoms. The molecule has 2 heterocycles. The fourth-order valence-corrected chi connectivity index (χ4v) is 3.44. The molecule has 2 radical (unpaired) electrons. The number of carbonyl (C=O) groups is 2. The van der Waals surface area contributed by atoms with Crippen LogP contribution in [0.1, 0.15) is 30.1 Å². The van der Waals surface area contributed by atoms with Crippen LogP contribution in [0, 0.1) is 5.92 Å². The van der Waals surface area contributed by atoms with Crippen molar-refractivity contribution in [2.24, 2.45) is 5.92 Å². The van der Waals surface area contributed by atoms with Crippen LogP contribution in [0.5, 0.6) is 5.75 Å². The second-order valence-electron chi connectivity index (χ2n) is 7.73. The fourth-order valence-electron chi connectivity index (χ4n) is 3.44. The highest BCUT2D eigenvalue weighted by Crippen LogP contribution is 2.36. The number of amides is 2. The van der Waals surface area contributed by atoms with Crippen LogP contribution in [0.25, 0.3) is 11.0 Å². The summed E-state index contributed by atoms with van der Waals surface area (Å²) in [5, 5.41) is 26.5.